The summed E-state index contributed by atoms with van der Waals surface area (Å²) in [4.78, 5) is 11.5. The van der Waals surface area contributed by atoms with E-state index in [2.05, 4.69) is 20.8 Å². The summed E-state index contributed by atoms with van der Waals surface area (Å²) in [6.45, 7) is 4.14. The third kappa shape index (κ3) is 2.56. The predicted molar refractivity (Wildman–Crippen MR) is 57.7 cm³/mol. The molecule has 1 amide bonds. The van der Waals surface area contributed by atoms with Gasteiger partial charge in [-0.25, -0.2) is 0 Å². The summed E-state index contributed by atoms with van der Waals surface area (Å²) in [6.07, 6.45) is 2.38. The maximum absolute atomic E-state index is 11.5. The van der Waals surface area contributed by atoms with Crippen molar-refractivity contribution in [3.63, 3.8) is 0 Å². The third-order valence-electron chi connectivity index (χ3n) is 2.52. The highest BCUT2D eigenvalue weighted by atomic mass is 16.1. The van der Waals surface area contributed by atoms with Gasteiger partial charge in [0.2, 0.25) is 5.91 Å². The summed E-state index contributed by atoms with van der Waals surface area (Å²) in [7, 11) is 0. The van der Waals surface area contributed by atoms with Gasteiger partial charge in [0.1, 0.15) is 0 Å². The summed E-state index contributed by atoms with van der Waals surface area (Å²) in [6, 6.07) is 0.558. The van der Waals surface area contributed by atoms with Gasteiger partial charge in [-0.05, 0) is 26.7 Å². The number of hydrogen-bond donors (Lipinski definition) is 3. The van der Waals surface area contributed by atoms with Crippen LogP contribution in [-0.2, 0) is 4.79 Å². The van der Waals surface area contributed by atoms with E-state index in [0.29, 0.717) is 12.6 Å². The van der Waals surface area contributed by atoms with E-state index in [1.807, 2.05) is 13.8 Å². The minimum absolute atomic E-state index is 0.00509. The molecule has 5 heteroatoms. The van der Waals surface area contributed by atoms with Crippen molar-refractivity contribution in [2.75, 3.05) is 11.9 Å². The lowest BCUT2D eigenvalue weighted by atomic mass is 10.3. The molecule has 0 aromatic carbocycles. The monoisotopic (exact) mass is 208 g/mol. The zero-order valence-corrected chi connectivity index (χ0v) is 9.05. The first-order chi connectivity index (χ1) is 7.16. The molecule has 82 valence electrons. The fourth-order valence-corrected chi connectivity index (χ4v) is 1.44. The second-order valence-corrected chi connectivity index (χ2v) is 4.01. The number of aromatic amines is 1. The van der Waals surface area contributed by atoms with Gasteiger partial charge in [0.05, 0.1) is 23.6 Å². The Morgan fingerprint density at radius 1 is 1.53 bits per heavy atom. The molecule has 1 aliphatic rings. The average molecular weight is 208 g/mol. The summed E-state index contributed by atoms with van der Waals surface area (Å²) >= 11 is 0. The van der Waals surface area contributed by atoms with Crippen molar-refractivity contribution in [1.82, 2.24) is 15.5 Å². The fraction of sp³-hybridized carbons (Fsp3) is 0.600. The van der Waals surface area contributed by atoms with Crippen LogP contribution in [-0.4, -0.2) is 28.7 Å². The molecular formula is C10H16N4O. The van der Waals surface area contributed by atoms with Gasteiger partial charge < -0.3 is 10.6 Å². The van der Waals surface area contributed by atoms with Crippen LogP contribution in [0.25, 0.3) is 0 Å². The minimum Gasteiger partial charge on any atom is -0.322 e. The smallest absolute Gasteiger partial charge is 0.238 e. The zero-order valence-electron chi connectivity index (χ0n) is 9.05. The second kappa shape index (κ2) is 4.02. The quantitative estimate of drug-likeness (QED) is 0.682. The van der Waals surface area contributed by atoms with E-state index in [0.717, 1.165) is 17.1 Å². The lowest BCUT2D eigenvalue weighted by molar-refractivity contribution is -0.115. The van der Waals surface area contributed by atoms with E-state index < -0.39 is 0 Å². The Bertz CT molecular complexity index is 348. The van der Waals surface area contributed by atoms with Crippen LogP contribution in [0.3, 0.4) is 0 Å². The predicted octanol–water partition coefficient (Wildman–Crippen LogP) is 0.717. The first-order valence-corrected chi connectivity index (χ1v) is 5.21. The van der Waals surface area contributed by atoms with Gasteiger partial charge in [0.15, 0.2) is 0 Å². The van der Waals surface area contributed by atoms with Gasteiger partial charge in [-0.2, -0.15) is 5.10 Å². The van der Waals surface area contributed by atoms with Gasteiger partial charge in [-0.3, -0.25) is 9.89 Å². The summed E-state index contributed by atoms with van der Waals surface area (Å²) in [5.74, 6) is -0.00509. The van der Waals surface area contributed by atoms with E-state index in [-0.39, 0.29) is 5.91 Å². The molecule has 0 atom stereocenters. The van der Waals surface area contributed by atoms with Crippen molar-refractivity contribution in [2.45, 2.75) is 32.7 Å². The first kappa shape index (κ1) is 10.2. The normalized spacial score (nSPS) is 15.3. The summed E-state index contributed by atoms with van der Waals surface area (Å²) in [5, 5.41) is 12.9. The third-order valence-corrected chi connectivity index (χ3v) is 2.52. The molecule has 0 aliphatic heterocycles. The van der Waals surface area contributed by atoms with E-state index in [9.17, 15) is 4.79 Å². The van der Waals surface area contributed by atoms with Gasteiger partial charge in [0.25, 0.3) is 0 Å². The molecule has 1 fully saturated rings. The molecule has 1 aromatic heterocycles. The van der Waals surface area contributed by atoms with Crippen LogP contribution in [0.4, 0.5) is 5.69 Å². The van der Waals surface area contributed by atoms with E-state index >= 15 is 0 Å². The number of carbonyl (C=O) groups is 1. The molecule has 1 aliphatic carbocycles. The van der Waals surface area contributed by atoms with Crippen LogP contribution < -0.4 is 10.6 Å². The molecule has 1 saturated carbocycles. The number of H-pyrrole nitrogens is 1. The van der Waals surface area contributed by atoms with E-state index in [1.54, 1.807) is 0 Å². The average Bonchev–Trinajstić information content (AvgIpc) is 2.98. The number of anilines is 1. The number of hydrogen-bond acceptors (Lipinski definition) is 3. The first-order valence-electron chi connectivity index (χ1n) is 5.21. The van der Waals surface area contributed by atoms with Gasteiger partial charge in [-0.1, -0.05) is 0 Å². The molecule has 1 heterocycles. The topological polar surface area (TPSA) is 69.8 Å². The molecule has 0 unspecified atom stereocenters. The van der Waals surface area contributed by atoms with Crippen LogP contribution in [0.2, 0.25) is 0 Å². The Hall–Kier alpha value is -1.36. The SMILES string of the molecule is Cc1n[nH]c(C)c1NC(=O)CNC1CC1. The summed E-state index contributed by atoms with van der Waals surface area (Å²) < 4.78 is 0. The van der Waals surface area contributed by atoms with Gasteiger partial charge in [0, 0.05) is 6.04 Å². The van der Waals surface area contributed by atoms with Gasteiger partial charge >= 0.3 is 0 Å². The summed E-state index contributed by atoms with van der Waals surface area (Å²) in [5.41, 5.74) is 2.53. The lowest BCUT2D eigenvalue weighted by Crippen LogP contribution is -2.29. The highest BCUT2D eigenvalue weighted by Gasteiger charge is 2.21. The Balaban J connectivity index is 1.86. The Kier molecular flexibility index (Phi) is 2.73. The number of carbonyl (C=O) groups excluding carboxylic acids is 1. The Morgan fingerprint density at radius 2 is 2.27 bits per heavy atom. The molecule has 0 radical (unpaired) electrons. The molecule has 0 spiro atoms. The maximum atomic E-state index is 11.5. The number of nitrogens with one attached hydrogen (secondary N) is 3. The Morgan fingerprint density at radius 3 is 2.80 bits per heavy atom. The van der Waals surface area contributed by atoms with Crippen molar-refractivity contribution in [3.05, 3.63) is 11.4 Å². The van der Waals surface area contributed by atoms with E-state index in [1.165, 1.54) is 12.8 Å². The molecule has 15 heavy (non-hydrogen) atoms. The van der Waals surface area contributed by atoms with Crippen LogP contribution >= 0.6 is 0 Å². The molecule has 0 saturated heterocycles. The molecule has 0 bridgehead atoms. The minimum atomic E-state index is -0.00509. The highest BCUT2D eigenvalue weighted by molar-refractivity contribution is 5.93. The zero-order chi connectivity index (χ0) is 10.8. The van der Waals surface area contributed by atoms with Crippen molar-refractivity contribution in [2.24, 2.45) is 0 Å². The number of aryl methyl sites for hydroxylation is 2. The largest absolute Gasteiger partial charge is 0.322 e. The molecule has 1 aromatic rings. The highest BCUT2D eigenvalue weighted by Crippen LogP contribution is 2.18. The standard InChI is InChI=1S/C10H16N4O/c1-6-10(7(2)14-13-6)12-9(15)5-11-8-3-4-8/h8,11H,3-5H2,1-2H3,(H,12,15)(H,13,14). The number of aromatic nitrogens is 2. The van der Waals surface area contributed by atoms with Crippen LogP contribution in [0, 0.1) is 13.8 Å². The second-order valence-electron chi connectivity index (χ2n) is 4.01. The van der Waals surface area contributed by atoms with Crippen molar-refractivity contribution in [1.29, 1.82) is 0 Å². The van der Waals surface area contributed by atoms with Gasteiger partial charge in [-0.15, -0.1) is 0 Å². The molecule has 3 N–H and O–H groups in total. The van der Waals surface area contributed by atoms with Crippen LogP contribution in [0.5, 0.6) is 0 Å². The number of rotatable bonds is 4. The van der Waals surface area contributed by atoms with Crippen molar-refractivity contribution < 1.29 is 4.79 Å². The van der Waals surface area contributed by atoms with Crippen LogP contribution in [0.1, 0.15) is 24.2 Å². The Labute approximate surface area is 88.6 Å². The van der Waals surface area contributed by atoms with E-state index in [4.69, 9.17) is 0 Å². The number of amides is 1. The molecular weight excluding hydrogens is 192 g/mol. The fourth-order valence-electron chi connectivity index (χ4n) is 1.44. The molecule has 5 nitrogen and oxygen atoms in total. The van der Waals surface area contributed by atoms with Crippen LogP contribution in [0.15, 0.2) is 0 Å². The number of nitrogens with zero attached hydrogens (tertiary/aromatic N) is 1. The van der Waals surface area contributed by atoms with Crippen molar-refractivity contribution >= 4 is 11.6 Å². The van der Waals surface area contributed by atoms with Crippen molar-refractivity contribution in [3.8, 4) is 0 Å². The molecule has 2 rings (SSSR count). The maximum Gasteiger partial charge on any atom is 0.238 e. The lowest BCUT2D eigenvalue weighted by Gasteiger charge is -2.05.